The van der Waals surface area contributed by atoms with Gasteiger partial charge in [-0.05, 0) is 26.8 Å². The van der Waals surface area contributed by atoms with Gasteiger partial charge in [0.25, 0.3) is 0 Å². The van der Waals surface area contributed by atoms with Crippen molar-refractivity contribution in [3.8, 4) is 5.75 Å². The lowest BCUT2D eigenvalue weighted by Crippen LogP contribution is -2.11. The van der Waals surface area contributed by atoms with Crippen molar-refractivity contribution in [2.75, 3.05) is 12.8 Å². The fourth-order valence-electron chi connectivity index (χ4n) is 2.45. The van der Waals surface area contributed by atoms with Gasteiger partial charge in [-0.1, -0.05) is 0 Å². The number of fused-ring (bicyclic) bond motifs is 1. The van der Waals surface area contributed by atoms with E-state index < -0.39 is 11.7 Å². The molecule has 0 radical (unpaired) electrons. The van der Waals surface area contributed by atoms with E-state index in [1.165, 1.54) is 7.11 Å². The number of rotatable bonds is 2. The summed E-state index contributed by atoms with van der Waals surface area (Å²) in [5.41, 5.74) is 5.65. The zero-order valence-corrected chi connectivity index (χ0v) is 11.7. The van der Waals surface area contributed by atoms with Crippen LogP contribution in [0.25, 0.3) is 11.0 Å². The Bertz CT molecular complexity index is 659. The summed E-state index contributed by atoms with van der Waals surface area (Å²) in [6.07, 6.45) is -4.54. The molecular formula is C13H16F3N3O. The molecule has 7 heteroatoms. The number of aryl methyl sites for hydroxylation is 1. The summed E-state index contributed by atoms with van der Waals surface area (Å²) in [6, 6.07) is 1.01. The SMILES string of the molecule is COc1c(C(F)(F)F)cc2nc(C)n(C(C)C)c2c1N. The minimum absolute atomic E-state index is 0.0312. The lowest BCUT2D eigenvalue weighted by Gasteiger charge is -2.17. The zero-order chi connectivity index (χ0) is 15.2. The number of anilines is 1. The minimum atomic E-state index is -4.54. The van der Waals surface area contributed by atoms with Gasteiger partial charge in [-0.25, -0.2) is 4.98 Å². The van der Waals surface area contributed by atoms with Crippen LogP contribution in [0.2, 0.25) is 0 Å². The Morgan fingerprint density at radius 2 is 1.95 bits per heavy atom. The first-order valence-corrected chi connectivity index (χ1v) is 6.10. The molecule has 1 heterocycles. The highest BCUT2D eigenvalue weighted by molar-refractivity contribution is 5.93. The van der Waals surface area contributed by atoms with Gasteiger partial charge in [-0.3, -0.25) is 0 Å². The van der Waals surface area contributed by atoms with Gasteiger partial charge in [0, 0.05) is 6.04 Å². The third-order valence-electron chi connectivity index (χ3n) is 3.17. The van der Waals surface area contributed by atoms with Crippen molar-refractivity contribution < 1.29 is 17.9 Å². The van der Waals surface area contributed by atoms with Crippen LogP contribution < -0.4 is 10.5 Å². The summed E-state index contributed by atoms with van der Waals surface area (Å²) in [5.74, 6) is 0.259. The molecule has 2 aromatic rings. The van der Waals surface area contributed by atoms with Crippen LogP contribution in [0, 0.1) is 6.92 Å². The summed E-state index contributed by atoms with van der Waals surface area (Å²) in [4.78, 5) is 4.17. The topological polar surface area (TPSA) is 53.1 Å². The first kappa shape index (κ1) is 14.5. The number of aromatic nitrogens is 2. The van der Waals surface area contributed by atoms with Crippen LogP contribution in [-0.2, 0) is 6.18 Å². The summed E-state index contributed by atoms with van der Waals surface area (Å²) in [6.45, 7) is 5.56. The minimum Gasteiger partial charge on any atom is -0.494 e. The molecule has 110 valence electrons. The Kier molecular flexibility index (Phi) is 3.31. The fraction of sp³-hybridized carbons (Fsp3) is 0.462. The molecule has 0 bridgehead atoms. The van der Waals surface area contributed by atoms with E-state index in [0.29, 0.717) is 11.3 Å². The second-order valence-electron chi connectivity index (χ2n) is 4.86. The molecule has 0 aliphatic carbocycles. The highest BCUT2D eigenvalue weighted by Gasteiger charge is 2.37. The van der Waals surface area contributed by atoms with E-state index in [-0.39, 0.29) is 23.0 Å². The molecule has 0 atom stereocenters. The number of nitrogen functional groups attached to an aromatic ring is 1. The molecule has 0 fully saturated rings. The standard InChI is InChI=1S/C13H16F3N3O/c1-6(2)19-7(3)18-9-5-8(13(14,15)16)12(20-4)10(17)11(9)19/h5-6H,17H2,1-4H3. The van der Waals surface area contributed by atoms with Crippen molar-refractivity contribution in [3.63, 3.8) is 0 Å². The zero-order valence-electron chi connectivity index (χ0n) is 11.7. The summed E-state index contributed by atoms with van der Waals surface area (Å²) in [5, 5.41) is 0. The highest BCUT2D eigenvalue weighted by atomic mass is 19.4. The number of nitrogens with two attached hydrogens (primary N) is 1. The average Bonchev–Trinajstić information content (AvgIpc) is 2.64. The molecule has 0 saturated carbocycles. The molecule has 1 aromatic heterocycles. The number of alkyl halides is 3. The predicted molar refractivity (Wildman–Crippen MR) is 70.8 cm³/mol. The number of imidazole rings is 1. The Morgan fingerprint density at radius 3 is 2.40 bits per heavy atom. The second kappa shape index (κ2) is 4.57. The number of nitrogens with zero attached hydrogens (tertiary/aromatic N) is 2. The monoisotopic (exact) mass is 287 g/mol. The molecule has 2 rings (SSSR count). The van der Waals surface area contributed by atoms with Gasteiger partial charge < -0.3 is 15.0 Å². The third kappa shape index (κ3) is 2.07. The van der Waals surface area contributed by atoms with Crippen molar-refractivity contribution in [1.29, 1.82) is 0 Å². The number of ether oxygens (including phenoxy) is 1. The fourth-order valence-corrected chi connectivity index (χ4v) is 2.45. The summed E-state index contributed by atoms with van der Waals surface area (Å²) < 4.78 is 45.8. The molecule has 0 unspecified atom stereocenters. The van der Waals surface area contributed by atoms with Gasteiger partial charge in [-0.2, -0.15) is 13.2 Å². The Labute approximate surface area is 114 Å². The van der Waals surface area contributed by atoms with Crippen molar-refractivity contribution in [3.05, 3.63) is 17.5 Å². The molecule has 0 aliphatic rings. The Morgan fingerprint density at radius 1 is 1.35 bits per heavy atom. The molecule has 0 spiro atoms. The van der Waals surface area contributed by atoms with E-state index in [1.54, 1.807) is 11.5 Å². The average molecular weight is 287 g/mol. The van der Waals surface area contributed by atoms with Crippen LogP contribution in [0.3, 0.4) is 0 Å². The molecule has 4 nitrogen and oxygen atoms in total. The Balaban J connectivity index is 2.91. The maximum atomic E-state index is 13.0. The van der Waals surface area contributed by atoms with Gasteiger partial charge in [0.05, 0.1) is 18.1 Å². The van der Waals surface area contributed by atoms with Crippen molar-refractivity contribution in [2.24, 2.45) is 0 Å². The van der Waals surface area contributed by atoms with Crippen LogP contribution >= 0.6 is 0 Å². The normalized spacial score (nSPS) is 12.4. The number of hydrogen-bond donors (Lipinski definition) is 1. The van der Waals surface area contributed by atoms with Crippen molar-refractivity contribution >= 4 is 16.7 Å². The van der Waals surface area contributed by atoms with Crippen LogP contribution in [0.1, 0.15) is 31.3 Å². The molecular weight excluding hydrogens is 271 g/mol. The largest absolute Gasteiger partial charge is 0.494 e. The molecule has 20 heavy (non-hydrogen) atoms. The lowest BCUT2D eigenvalue weighted by atomic mass is 10.1. The van der Waals surface area contributed by atoms with Crippen LogP contribution in [-0.4, -0.2) is 16.7 Å². The van der Waals surface area contributed by atoms with Gasteiger partial charge in [0.15, 0.2) is 5.75 Å². The lowest BCUT2D eigenvalue weighted by molar-refractivity contribution is -0.138. The summed E-state index contributed by atoms with van der Waals surface area (Å²) in [7, 11) is 1.18. The molecule has 0 aliphatic heterocycles. The number of hydrogen-bond acceptors (Lipinski definition) is 3. The maximum absolute atomic E-state index is 13.0. The van der Waals surface area contributed by atoms with Gasteiger partial charge in [0.2, 0.25) is 0 Å². The van der Waals surface area contributed by atoms with Gasteiger partial charge in [0.1, 0.15) is 17.1 Å². The van der Waals surface area contributed by atoms with E-state index in [9.17, 15) is 13.2 Å². The molecule has 2 N–H and O–H groups in total. The molecule has 1 aromatic carbocycles. The predicted octanol–water partition coefficient (Wildman–Crippen LogP) is 3.54. The van der Waals surface area contributed by atoms with Crippen LogP contribution in [0.15, 0.2) is 6.07 Å². The second-order valence-corrected chi connectivity index (χ2v) is 4.86. The van der Waals surface area contributed by atoms with Crippen LogP contribution in [0.5, 0.6) is 5.75 Å². The maximum Gasteiger partial charge on any atom is 0.420 e. The van der Waals surface area contributed by atoms with Crippen LogP contribution in [0.4, 0.5) is 18.9 Å². The van der Waals surface area contributed by atoms with E-state index in [1.807, 2.05) is 13.8 Å². The first-order valence-electron chi connectivity index (χ1n) is 6.10. The highest BCUT2D eigenvalue weighted by Crippen LogP contribution is 2.43. The van der Waals surface area contributed by atoms with Crippen molar-refractivity contribution in [2.45, 2.75) is 33.0 Å². The first-order chi connectivity index (χ1) is 9.18. The van der Waals surface area contributed by atoms with E-state index >= 15 is 0 Å². The quantitative estimate of drug-likeness (QED) is 0.860. The van der Waals surface area contributed by atoms with Gasteiger partial charge >= 0.3 is 6.18 Å². The van der Waals surface area contributed by atoms with E-state index in [4.69, 9.17) is 10.5 Å². The number of benzene rings is 1. The summed E-state index contributed by atoms with van der Waals surface area (Å²) >= 11 is 0. The van der Waals surface area contributed by atoms with Gasteiger partial charge in [-0.15, -0.1) is 0 Å². The third-order valence-corrected chi connectivity index (χ3v) is 3.17. The van der Waals surface area contributed by atoms with E-state index in [0.717, 1.165) is 6.07 Å². The van der Waals surface area contributed by atoms with E-state index in [2.05, 4.69) is 4.98 Å². The number of halogens is 3. The molecule has 0 saturated heterocycles. The van der Waals surface area contributed by atoms with Crippen molar-refractivity contribution in [1.82, 2.24) is 9.55 Å². The number of methoxy groups -OCH3 is 1. The Hall–Kier alpha value is -1.92. The molecule has 0 amide bonds. The smallest absolute Gasteiger partial charge is 0.420 e.